The number of nitrogen functional groups attached to an aromatic ring is 1. The first-order valence-corrected chi connectivity index (χ1v) is 8.88. The molecular weight excluding hydrogens is 350 g/mol. The van der Waals surface area contributed by atoms with Crippen molar-refractivity contribution in [2.24, 2.45) is 0 Å². The second kappa shape index (κ2) is 6.03. The van der Waals surface area contributed by atoms with Crippen molar-refractivity contribution in [2.45, 2.75) is 0 Å². The van der Waals surface area contributed by atoms with Crippen LogP contribution in [0.2, 0.25) is 0 Å². The quantitative estimate of drug-likeness (QED) is 0.495. The number of para-hydroxylation sites is 2. The summed E-state index contributed by atoms with van der Waals surface area (Å²) in [5.41, 5.74) is 7.25. The molecule has 3 aromatic carbocycles. The van der Waals surface area contributed by atoms with Crippen molar-refractivity contribution in [1.29, 1.82) is 0 Å². The third kappa shape index (κ3) is 2.23. The predicted molar refractivity (Wildman–Crippen MR) is 111 cm³/mol. The molecule has 1 aliphatic carbocycles. The van der Waals surface area contributed by atoms with Gasteiger partial charge >= 0.3 is 0 Å². The molecule has 0 unspecified atom stereocenters. The van der Waals surface area contributed by atoms with Crippen molar-refractivity contribution >= 4 is 27.5 Å². The van der Waals surface area contributed by atoms with Gasteiger partial charge in [0, 0.05) is 21.8 Å². The first-order chi connectivity index (χ1) is 13.7. The Morgan fingerprint density at radius 2 is 1.25 bits per heavy atom. The highest BCUT2D eigenvalue weighted by molar-refractivity contribution is 5.89. The van der Waals surface area contributed by atoms with Crippen LogP contribution in [0.1, 0.15) is 0 Å². The van der Waals surface area contributed by atoms with Crippen LogP contribution in [0.4, 0.5) is 5.82 Å². The lowest BCUT2D eigenvalue weighted by molar-refractivity contribution is 0.998. The Labute approximate surface area is 159 Å². The zero-order chi connectivity index (χ0) is 19.3. The third-order valence-corrected chi connectivity index (χ3v) is 4.96. The van der Waals surface area contributed by atoms with Gasteiger partial charge in [0.2, 0.25) is 10.9 Å². The number of benzene rings is 3. The molecule has 0 saturated heterocycles. The second-order valence-corrected chi connectivity index (χ2v) is 6.59. The minimum absolute atomic E-state index is 0.112. The number of nitrogens with two attached hydrogens (primary N) is 1. The van der Waals surface area contributed by atoms with E-state index in [9.17, 15) is 9.59 Å². The van der Waals surface area contributed by atoms with Crippen molar-refractivity contribution in [2.75, 3.05) is 5.73 Å². The van der Waals surface area contributed by atoms with Gasteiger partial charge in [-0.05, 0) is 24.3 Å². The van der Waals surface area contributed by atoms with Gasteiger partial charge in [0.25, 0.3) is 0 Å². The Kier molecular flexibility index (Phi) is 3.49. The number of anilines is 1. The van der Waals surface area contributed by atoms with Crippen LogP contribution in [-0.4, -0.2) is 9.55 Å². The molecule has 2 N–H and O–H groups in total. The fourth-order valence-electron chi connectivity index (χ4n) is 3.65. The van der Waals surface area contributed by atoms with Gasteiger partial charge in [-0.1, -0.05) is 54.6 Å². The summed E-state index contributed by atoms with van der Waals surface area (Å²) >= 11 is 0. The molecule has 134 valence electrons. The maximum Gasteiger partial charge on any atom is 0.214 e. The Bertz CT molecular complexity index is 1560. The third-order valence-electron chi connectivity index (χ3n) is 4.96. The lowest BCUT2D eigenvalue weighted by Crippen LogP contribution is -2.20. The summed E-state index contributed by atoms with van der Waals surface area (Å²) in [6.07, 6.45) is 0. The van der Waals surface area contributed by atoms with Crippen molar-refractivity contribution < 1.29 is 0 Å². The van der Waals surface area contributed by atoms with Gasteiger partial charge in [-0.3, -0.25) is 14.2 Å². The van der Waals surface area contributed by atoms with E-state index in [1.165, 1.54) is 0 Å². The van der Waals surface area contributed by atoms with Gasteiger partial charge in [0.05, 0.1) is 5.52 Å². The minimum Gasteiger partial charge on any atom is -0.384 e. The second-order valence-electron chi connectivity index (χ2n) is 6.59. The smallest absolute Gasteiger partial charge is 0.214 e. The van der Waals surface area contributed by atoms with Gasteiger partial charge in [-0.2, -0.15) is 0 Å². The summed E-state index contributed by atoms with van der Waals surface area (Å²) in [6, 6.07) is 23.4. The largest absolute Gasteiger partial charge is 0.384 e. The number of nitrogens with zero attached hydrogens (tertiary/aromatic N) is 2. The predicted octanol–water partition coefficient (Wildman–Crippen LogP) is 3.21. The Morgan fingerprint density at radius 3 is 1.96 bits per heavy atom. The molecule has 0 aromatic heterocycles. The lowest BCUT2D eigenvalue weighted by atomic mass is 10.1. The van der Waals surface area contributed by atoms with Crippen molar-refractivity contribution in [3.8, 4) is 5.69 Å². The molecule has 28 heavy (non-hydrogen) atoms. The maximum absolute atomic E-state index is 13.4. The van der Waals surface area contributed by atoms with Gasteiger partial charge in [-0.15, -0.1) is 0 Å². The van der Waals surface area contributed by atoms with Crippen LogP contribution in [0.15, 0.2) is 88.5 Å². The molecule has 0 spiro atoms. The molecule has 5 rings (SSSR count). The molecule has 3 aromatic rings. The Balaban J connectivity index is 2.24. The molecule has 2 aliphatic rings. The van der Waals surface area contributed by atoms with Crippen molar-refractivity contribution in [3.05, 3.63) is 110 Å². The van der Waals surface area contributed by atoms with Crippen LogP contribution in [0.5, 0.6) is 0 Å². The normalized spacial score (nSPS) is 11.3. The van der Waals surface area contributed by atoms with E-state index >= 15 is 0 Å². The molecule has 1 aliphatic heterocycles. The number of hydrogen-bond acceptors (Lipinski definition) is 4. The molecule has 5 heteroatoms. The van der Waals surface area contributed by atoms with Crippen LogP contribution in [-0.2, 0) is 0 Å². The topological polar surface area (TPSA) is 78.0 Å². The standard InChI is InChI=1S/C23H15N3O2/c24-23-17-12-6-7-13-18(17)25-19-20(26(23)14-8-2-1-3-9-14)22(28)16-11-5-4-10-15(16)21(19)27/h1-13H,24H2. The average Bonchev–Trinajstić information content (AvgIpc) is 2.87. The number of rotatable bonds is 1. The SMILES string of the molecule is Nc1c2ccccc2nc2c(=O)c3ccccc3c(=O)c=2n1-c1ccccc1. The highest BCUT2D eigenvalue weighted by atomic mass is 16.1. The molecule has 0 radical (unpaired) electrons. The van der Waals surface area contributed by atoms with E-state index in [1.807, 2.05) is 48.5 Å². The molecule has 5 nitrogen and oxygen atoms in total. The summed E-state index contributed by atoms with van der Waals surface area (Å²) < 4.78 is 1.64. The molecule has 0 saturated carbocycles. The monoisotopic (exact) mass is 365 g/mol. The summed E-state index contributed by atoms with van der Waals surface area (Å²) in [5, 5.41) is 1.69. The van der Waals surface area contributed by atoms with E-state index in [0.29, 0.717) is 33.2 Å². The highest BCUT2D eigenvalue weighted by Crippen LogP contribution is 2.22. The van der Waals surface area contributed by atoms with E-state index in [0.717, 1.165) is 0 Å². The van der Waals surface area contributed by atoms with Crippen LogP contribution < -0.4 is 16.6 Å². The van der Waals surface area contributed by atoms with E-state index in [-0.39, 0.29) is 21.6 Å². The molecule has 0 amide bonds. The van der Waals surface area contributed by atoms with Crippen LogP contribution in [0, 0.1) is 10.7 Å². The zero-order valence-electron chi connectivity index (χ0n) is 14.8. The summed E-state index contributed by atoms with van der Waals surface area (Å²) in [6.45, 7) is 0. The number of fused-ring (bicyclic) bond motifs is 2. The molecule has 0 bridgehead atoms. The zero-order valence-corrected chi connectivity index (χ0v) is 14.8. The van der Waals surface area contributed by atoms with Crippen LogP contribution in [0.25, 0.3) is 27.4 Å². The summed E-state index contributed by atoms with van der Waals surface area (Å²) in [7, 11) is 0. The highest BCUT2D eigenvalue weighted by Gasteiger charge is 2.15. The van der Waals surface area contributed by atoms with Gasteiger partial charge in [-0.25, -0.2) is 4.98 Å². The van der Waals surface area contributed by atoms with Crippen LogP contribution >= 0.6 is 0 Å². The van der Waals surface area contributed by atoms with E-state index in [1.54, 1.807) is 34.9 Å². The molecule has 0 atom stereocenters. The van der Waals surface area contributed by atoms with Gasteiger partial charge < -0.3 is 5.73 Å². The Hall–Kier alpha value is -3.99. The van der Waals surface area contributed by atoms with E-state index in [2.05, 4.69) is 4.98 Å². The number of hydrogen-bond donors (Lipinski definition) is 1. The Morgan fingerprint density at radius 1 is 0.679 bits per heavy atom. The number of aromatic nitrogens is 2. The van der Waals surface area contributed by atoms with E-state index in [4.69, 9.17) is 5.73 Å². The van der Waals surface area contributed by atoms with Crippen molar-refractivity contribution in [1.82, 2.24) is 9.55 Å². The van der Waals surface area contributed by atoms with Crippen molar-refractivity contribution in [3.63, 3.8) is 0 Å². The maximum atomic E-state index is 13.4. The van der Waals surface area contributed by atoms with E-state index < -0.39 is 0 Å². The molecular formula is C23H15N3O2. The average molecular weight is 365 g/mol. The lowest BCUT2D eigenvalue weighted by Gasteiger charge is -2.10. The minimum atomic E-state index is -0.282. The van der Waals surface area contributed by atoms with Gasteiger partial charge in [0.15, 0.2) is 0 Å². The molecule has 0 fully saturated rings. The molecule has 1 heterocycles. The first-order valence-electron chi connectivity index (χ1n) is 8.88. The summed E-state index contributed by atoms with van der Waals surface area (Å²) in [5.74, 6) is 0.357. The fraction of sp³-hybridized carbons (Fsp3) is 0. The van der Waals surface area contributed by atoms with Gasteiger partial charge in [0.1, 0.15) is 16.5 Å². The summed E-state index contributed by atoms with van der Waals surface area (Å²) in [4.78, 5) is 31.3. The van der Waals surface area contributed by atoms with Crippen LogP contribution in [0.3, 0.4) is 0 Å². The first kappa shape index (κ1) is 16.2. The fourth-order valence-corrected chi connectivity index (χ4v) is 3.65.